The summed E-state index contributed by atoms with van der Waals surface area (Å²) in [7, 11) is 0. The van der Waals surface area contributed by atoms with Crippen molar-refractivity contribution in [2.45, 2.75) is 31.8 Å². The second-order valence-electron chi connectivity index (χ2n) is 4.88. The molecule has 19 heavy (non-hydrogen) atoms. The largest absolute Gasteiger partial charge is 0.336 e. The number of rotatable bonds is 1. The number of carbonyl (C=O) groups excluding carboxylic acids is 1. The van der Waals surface area contributed by atoms with Crippen molar-refractivity contribution in [2.75, 3.05) is 6.54 Å². The maximum Gasteiger partial charge on any atom is 0.255 e. The number of amides is 1. The zero-order chi connectivity index (χ0) is 14.2. The van der Waals surface area contributed by atoms with Crippen LogP contribution in [0.15, 0.2) is 12.1 Å². The lowest BCUT2D eigenvalue weighted by atomic mass is 9.98. The van der Waals surface area contributed by atoms with E-state index in [1.165, 1.54) is 6.07 Å². The van der Waals surface area contributed by atoms with Crippen LogP contribution < -0.4 is 5.73 Å². The van der Waals surface area contributed by atoms with E-state index >= 15 is 0 Å². The summed E-state index contributed by atoms with van der Waals surface area (Å²) in [6, 6.07) is 2.47. The molecule has 1 amide bonds. The first-order chi connectivity index (χ1) is 8.90. The van der Waals surface area contributed by atoms with Gasteiger partial charge in [-0.05, 0) is 31.9 Å². The molecule has 1 aliphatic heterocycles. The molecule has 1 aromatic carbocycles. The van der Waals surface area contributed by atoms with E-state index in [1.807, 2.05) is 6.92 Å². The third-order valence-corrected chi connectivity index (χ3v) is 4.02. The number of likely N-dealkylation sites (tertiary alicyclic amines) is 1. The molecule has 0 aliphatic carbocycles. The molecule has 1 saturated heterocycles. The van der Waals surface area contributed by atoms with Crippen molar-refractivity contribution in [3.8, 4) is 0 Å². The van der Waals surface area contributed by atoms with Crippen molar-refractivity contribution in [3.05, 3.63) is 33.6 Å². The Balaban J connectivity index is 2.27. The Bertz CT molecular complexity index is 510. The molecular formula is C13H15Cl2FN2O. The molecule has 6 heteroatoms. The Hall–Kier alpha value is -0.840. The third-order valence-electron chi connectivity index (χ3n) is 3.42. The van der Waals surface area contributed by atoms with Gasteiger partial charge in [0.05, 0.1) is 15.6 Å². The summed E-state index contributed by atoms with van der Waals surface area (Å²) in [4.78, 5) is 14.1. The Kier molecular flexibility index (Phi) is 4.33. The number of piperidine rings is 1. The van der Waals surface area contributed by atoms with Crippen molar-refractivity contribution >= 4 is 29.1 Å². The number of carbonyl (C=O) groups is 1. The highest BCUT2D eigenvalue weighted by Gasteiger charge is 2.29. The van der Waals surface area contributed by atoms with Gasteiger partial charge in [-0.2, -0.15) is 0 Å². The number of halogens is 3. The summed E-state index contributed by atoms with van der Waals surface area (Å²) < 4.78 is 13.5. The second-order valence-corrected chi connectivity index (χ2v) is 5.69. The SMILES string of the molecule is C[C@H]1C[C@H](N)CCN1C(=O)c1cc(F)c(Cl)cc1Cl. The van der Waals surface area contributed by atoms with Crippen LogP contribution in [0.2, 0.25) is 10.0 Å². The van der Waals surface area contributed by atoms with Crippen LogP contribution in [0.5, 0.6) is 0 Å². The molecule has 2 N–H and O–H groups in total. The fourth-order valence-corrected chi connectivity index (χ4v) is 2.82. The predicted molar refractivity (Wildman–Crippen MR) is 74.1 cm³/mol. The topological polar surface area (TPSA) is 46.3 Å². The number of nitrogens with two attached hydrogens (primary N) is 1. The van der Waals surface area contributed by atoms with E-state index in [0.717, 1.165) is 18.9 Å². The van der Waals surface area contributed by atoms with Crippen molar-refractivity contribution in [1.82, 2.24) is 4.90 Å². The molecule has 0 saturated carbocycles. The van der Waals surface area contributed by atoms with Crippen LogP contribution in [0.4, 0.5) is 4.39 Å². The lowest BCUT2D eigenvalue weighted by Crippen LogP contribution is -2.48. The number of nitrogens with zero attached hydrogens (tertiary/aromatic N) is 1. The first-order valence-electron chi connectivity index (χ1n) is 6.11. The van der Waals surface area contributed by atoms with E-state index in [1.54, 1.807) is 4.90 Å². The molecular weight excluding hydrogens is 290 g/mol. The van der Waals surface area contributed by atoms with Crippen LogP contribution in [0.25, 0.3) is 0 Å². The molecule has 2 rings (SSSR count). The highest BCUT2D eigenvalue weighted by molar-refractivity contribution is 6.36. The summed E-state index contributed by atoms with van der Waals surface area (Å²) in [5.41, 5.74) is 6.00. The van der Waals surface area contributed by atoms with Crippen molar-refractivity contribution in [2.24, 2.45) is 5.73 Å². The molecule has 1 aromatic rings. The predicted octanol–water partition coefficient (Wildman–Crippen LogP) is 3.08. The number of hydrogen-bond acceptors (Lipinski definition) is 2. The Morgan fingerprint density at radius 1 is 1.42 bits per heavy atom. The van der Waals surface area contributed by atoms with Crippen LogP contribution in [0.3, 0.4) is 0 Å². The van der Waals surface area contributed by atoms with E-state index in [4.69, 9.17) is 28.9 Å². The van der Waals surface area contributed by atoms with Gasteiger partial charge in [-0.15, -0.1) is 0 Å². The van der Waals surface area contributed by atoms with Gasteiger partial charge in [0.1, 0.15) is 5.82 Å². The van der Waals surface area contributed by atoms with Gasteiger partial charge in [0.25, 0.3) is 5.91 Å². The molecule has 1 aliphatic rings. The average molecular weight is 305 g/mol. The molecule has 2 atom stereocenters. The molecule has 0 unspecified atom stereocenters. The lowest BCUT2D eigenvalue weighted by molar-refractivity contribution is 0.0619. The van der Waals surface area contributed by atoms with Crippen LogP contribution in [-0.4, -0.2) is 29.4 Å². The minimum atomic E-state index is -0.643. The van der Waals surface area contributed by atoms with Crippen LogP contribution in [0, 0.1) is 5.82 Å². The smallest absolute Gasteiger partial charge is 0.255 e. The second kappa shape index (κ2) is 5.65. The Labute approximate surface area is 121 Å². The standard InChI is InChI=1S/C13H15Cl2FN2O/c1-7-4-8(17)2-3-18(7)13(19)9-5-12(16)11(15)6-10(9)14/h5-8H,2-4,17H2,1H3/t7-,8+/m0/s1. The summed E-state index contributed by atoms with van der Waals surface area (Å²) >= 11 is 11.6. The van der Waals surface area contributed by atoms with Crippen LogP contribution >= 0.6 is 23.2 Å². The van der Waals surface area contributed by atoms with E-state index in [2.05, 4.69) is 0 Å². The van der Waals surface area contributed by atoms with Crippen LogP contribution in [0.1, 0.15) is 30.1 Å². The maximum atomic E-state index is 13.5. The molecule has 0 bridgehead atoms. The Morgan fingerprint density at radius 2 is 2.11 bits per heavy atom. The summed E-state index contributed by atoms with van der Waals surface area (Å²) in [5, 5.41) is 0.0775. The highest BCUT2D eigenvalue weighted by Crippen LogP contribution is 2.27. The van der Waals surface area contributed by atoms with Gasteiger partial charge in [-0.3, -0.25) is 4.79 Å². The molecule has 3 nitrogen and oxygen atoms in total. The first-order valence-corrected chi connectivity index (χ1v) is 6.87. The van der Waals surface area contributed by atoms with Gasteiger partial charge in [0, 0.05) is 18.6 Å². The average Bonchev–Trinajstić information content (AvgIpc) is 2.33. The van der Waals surface area contributed by atoms with E-state index in [0.29, 0.717) is 6.54 Å². The normalized spacial score (nSPS) is 23.5. The fraction of sp³-hybridized carbons (Fsp3) is 0.462. The van der Waals surface area contributed by atoms with E-state index in [9.17, 15) is 9.18 Å². The minimum absolute atomic E-state index is 0.0195. The summed E-state index contributed by atoms with van der Waals surface area (Å²) in [6.45, 7) is 2.48. The first kappa shape index (κ1) is 14.6. The maximum absolute atomic E-state index is 13.5. The summed E-state index contributed by atoms with van der Waals surface area (Å²) in [5.74, 6) is -0.921. The molecule has 0 aromatic heterocycles. The monoisotopic (exact) mass is 304 g/mol. The van der Waals surface area contributed by atoms with Gasteiger partial charge in [0.2, 0.25) is 0 Å². The van der Waals surface area contributed by atoms with Crippen molar-refractivity contribution in [3.63, 3.8) is 0 Å². The van der Waals surface area contributed by atoms with Crippen LogP contribution in [-0.2, 0) is 0 Å². The zero-order valence-corrected chi connectivity index (χ0v) is 12.0. The van der Waals surface area contributed by atoms with Crippen molar-refractivity contribution < 1.29 is 9.18 Å². The fourth-order valence-electron chi connectivity index (χ4n) is 2.35. The van der Waals surface area contributed by atoms with Gasteiger partial charge in [-0.25, -0.2) is 4.39 Å². The summed E-state index contributed by atoms with van der Waals surface area (Å²) in [6.07, 6.45) is 1.48. The molecule has 1 fully saturated rings. The Morgan fingerprint density at radius 3 is 2.74 bits per heavy atom. The molecule has 0 radical (unpaired) electrons. The van der Waals surface area contributed by atoms with Gasteiger partial charge < -0.3 is 10.6 Å². The quantitative estimate of drug-likeness (QED) is 0.811. The zero-order valence-electron chi connectivity index (χ0n) is 10.5. The minimum Gasteiger partial charge on any atom is -0.336 e. The van der Waals surface area contributed by atoms with Gasteiger partial charge in [-0.1, -0.05) is 23.2 Å². The highest BCUT2D eigenvalue weighted by atomic mass is 35.5. The van der Waals surface area contributed by atoms with Gasteiger partial charge in [0.15, 0.2) is 0 Å². The third kappa shape index (κ3) is 3.02. The molecule has 1 heterocycles. The molecule has 0 spiro atoms. The number of benzene rings is 1. The van der Waals surface area contributed by atoms with E-state index in [-0.39, 0.29) is 33.6 Å². The lowest BCUT2D eigenvalue weighted by Gasteiger charge is -2.36. The van der Waals surface area contributed by atoms with E-state index < -0.39 is 5.82 Å². The van der Waals surface area contributed by atoms with Gasteiger partial charge >= 0.3 is 0 Å². The number of hydrogen-bond donors (Lipinski definition) is 1. The molecule has 104 valence electrons. The van der Waals surface area contributed by atoms with Crippen molar-refractivity contribution in [1.29, 1.82) is 0 Å².